The van der Waals surface area contributed by atoms with Gasteiger partial charge in [0.15, 0.2) is 0 Å². The van der Waals surface area contributed by atoms with E-state index in [1.807, 2.05) is 6.07 Å². The van der Waals surface area contributed by atoms with Gasteiger partial charge in [0.05, 0.1) is 4.92 Å². The molecule has 0 aromatic heterocycles. The molecule has 0 spiro atoms. The van der Waals surface area contributed by atoms with Crippen molar-refractivity contribution in [2.75, 3.05) is 12.3 Å². The third-order valence-electron chi connectivity index (χ3n) is 3.14. The van der Waals surface area contributed by atoms with Gasteiger partial charge in [0.1, 0.15) is 0 Å². The Morgan fingerprint density at radius 3 is 2.50 bits per heavy atom. The molecule has 0 bridgehead atoms. The molecule has 2 aromatic rings. The van der Waals surface area contributed by atoms with Crippen LogP contribution >= 0.6 is 35.0 Å². The van der Waals surface area contributed by atoms with Crippen LogP contribution in [0.4, 0.5) is 5.69 Å². The summed E-state index contributed by atoms with van der Waals surface area (Å²) in [6.45, 7) is 0.492. The van der Waals surface area contributed by atoms with Crippen LogP contribution in [0.3, 0.4) is 0 Å². The number of non-ortho nitro benzene ring substituents is 1. The Balaban J connectivity index is 1.73. The summed E-state index contributed by atoms with van der Waals surface area (Å²) in [5, 5.41) is 14.6. The third-order valence-corrected chi connectivity index (χ3v) is 4.74. The van der Waals surface area contributed by atoms with Crippen molar-refractivity contribution in [1.29, 1.82) is 0 Å². The molecule has 0 aliphatic carbocycles. The van der Waals surface area contributed by atoms with Crippen LogP contribution in [0.15, 0.2) is 42.5 Å². The predicted octanol–water partition coefficient (Wildman–Crippen LogP) is 4.56. The van der Waals surface area contributed by atoms with Crippen molar-refractivity contribution in [3.05, 3.63) is 73.8 Å². The van der Waals surface area contributed by atoms with Crippen LogP contribution in [0.5, 0.6) is 0 Å². The number of hydrogen-bond donors (Lipinski definition) is 1. The number of hydrogen-bond acceptors (Lipinski definition) is 4. The van der Waals surface area contributed by atoms with E-state index in [0.717, 1.165) is 17.1 Å². The fourth-order valence-electron chi connectivity index (χ4n) is 1.89. The molecule has 24 heavy (non-hydrogen) atoms. The van der Waals surface area contributed by atoms with E-state index in [1.54, 1.807) is 23.9 Å². The molecule has 0 saturated heterocycles. The minimum atomic E-state index is -0.500. The molecule has 0 unspecified atom stereocenters. The van der Waals surface area contributed by atoms with E-state index in [2.05, 4.69) is 5.32 Å². The van der Waals surface area contributed by atoms with Crippen LogP contribution in [0, 0.1) is 10.1 Å². The van der Waals surface area contributed by atoms with Crippen LogP contribution in [0.2, 0.25) is 10.0 Å². The number of nitrogens with one attached hydrogen (secondary N) is 1. The molecule has 2 aromatic carbocycles. The van der Waals surface area contributed by atoms with Gasteiger partial charge in [-0.15, -0.1) is 0 Å². The van der Waals surface area contributed by atoms with Crippen LogP contribution in [-0.2, 0) is 5.75 Å². The van der Waals surface area contributed by atoms with Crippen molar-refractivity contribution >= 4 is 46.6 Å². The number of amides is 1. The van der Waals surface area contributed by atoms with E-state index in [4.69, 9.17) is 23.2 Å². The Morgan fingerprint density at radius 1 is 1.17 bits per heavy atom. The van der Waals surface area contributed by atoms with E-state index in [0.29, 0.717) is 22.2 Å². The number of carbonyl (C=O) groups is 1. The van der Waals surface area contributed by atoms with Crippen LogP contribution in [-0.4, -0.2) is 23.1 Å². The van der Waals surface area contributed by atoms with E-state index >= 15 is 0 Å². The quantitative estimate of drug-likeness (QED) is 0.431. The summed E-state index contributed by atoms with van der Waals surface area (Å²) in [6.07, 6.45) is 0. The number of nitrogens with zero attached hydrogens (tertiary/aromatic N) is 1. The summed E-state index contributed by atoms with van der Waals surface area (Å²) in [5.74, 6) is 1.19. The van der Waals surface area contributed by atoms with Crippen molar-refractivity contribution in [3.63, 3.8) is 0 Å². The van der Waals surface area contributed by atoms with Gasteiger partial charge in [-0.1, -0.05) is 29.3 Å². The maximum absolute atomic E-state index is 11.9. The molecule has 126 valence electrons. The molecule has 0 aliphatic heterocycles. The van der Waals surface area contributed by atoms with Gasteiger partial charge in [-0.3, -0.25) is 14.9 Å². The summed E-state index contributed by atoms with van der Waals surface area (Å²) in [7, 11) is 0. The zero-order valence-electron chi connectivity index (χ0n) is 12.5. The van der Waals surface area contributed by atoms with Crippen molar-refractivity contribution in [2.24, 2.45) is 0 Å². The zero-order chi connectivity index (χ0) is 17.5. The van der Waals surface area contributed by atoms with Crippen molar-refractivity contribution in [2.45, 2.75) is 5.75 Å². The molecule has 2 rings (SSSR count). The summed E-state index contributed by atoms with van der Waals surface area (Å²) in [4.78, 5) is 22.0. The monoisotopic (exact) mass is 384 g/mol. The first kappa shape index (κ1) is 18.6. The molecular formula is C16H14Cl2N2O3S. The molecule has 0 saturated carbocycles. The molecule has 1 amide bonds. The first-order valence-corrected chi connectivity index (χ1v) is 8.93. The number of benzene rings is 2. The van der Waals surface area contributed by atoms with Crippen molar-refractivity contribution < 1.29 is 9.72 Å². The molecule has 8 heteroatoms. The van der Waals surface area contributed by atoms with E-state index in [9.17, 15) is 14.9 Å². The second-order valence-corrected chi connectivity index (χ2v) is 6.80. The van der Waals surface area contributed by atoms with E-state index in [1.165, 1.54) is 24.3 Å². The lowest BCUT2D eigenvalue weighted by Gasteiger charge is -2.07. The van der Waals surface area contributed by atoms with Gasteiger partial charge in [-0.2, -0.15) is 11.8 Å². The number of nitro groups is 1. The maximum atomic E-state index is 11.9. The molecule has 5 nitrogen and oxygen atoms in total. The minimum absolute atomic E-state index is 0.0399. The SMILES string of the molecule is O=C(NCCSCc1ccc(Cl)cc1Cl)c1ccc([N+](=O)[O-])cc1. The van der Waals surface area contributed by atoms with Gasteiger partial charge < -0.3 is 5.32 Å². The number of nitro benzene ring substituents is 1. The largest absolute Gasteiger partial charge is 0.351 e. The highest BCUT2D eigenvalue weighted by atomic mass is 35.5. The Kier molecular flexibility index (Phi) is 6.90. The lowest BCUT2D eigenvalue weighted by atomic mass is 10.2. The first-order chi connectivity index (χ1) is 11.5. The second-order valence-electron chi connectivity index (χ2n) is 4.85. The standard InChI is InChI=1S/C16H14Cl2N2O3S/c17-13-4-1-12(15(18)9-13)10-24-8-7-19-16(21)11-2-5-14(6-3-11)20(22)23/h1-6,9H,7-8,10H2,(H,19,21). The van der Waals surface area contributed by atoms with Gasteiger partial charge in [-0.05, 0) is 29.8 Å². The predicted molar refractivity (Wildman–Crippen MR) is 98.1 cm³/mol. The fourth-order valence-corrected chi connectivity index (χ4v) is 3.31. The maximum Gasteiger partial charge on any atom is 0.269 e. The molecule has 1 N–H and O–H groups in total. The number of thioether (sulfide) groups is 1. The summed E-state index contributed by atoms with van der Waals surface area (Å²) in [5.41, 5.74) is 1.35. The first-order valence-electron chi connectivity index (χ1n) is 7.01. The fraction of sp³-hybridized carbons (Fsp3) is 0.188. The molecule has 0 fully saturated rings. The van der Waals surface area contributed by atoms with Gasteiger partial charge in [0.2, 0.25) is 0 Å². The third kappa shape index (κ3) is 5.40. The molecule has 0 aliphatic rings. The highest BCUT2D eigenvalue weighted by molar-refractivity contribution is 7.98. The Labute approximate surface area is 153 Å². The summed E-state index contributed by atoms with van der Waals surface area (Å²) < 4.78 is 0. The molecule has 0 atom stereocenters. The topological polar surface area (TPSA) is 72.2 Å². The summed E-state index contributed by atoms with van der Waals surface area (Å²) in [6, 6.07) is 10.9. The minimum Gasteiger partial charge on any atom is -0.351 e. The van der Waals surface area contributed by atoms with Gasteiger partial charge in [-0.25, -0.2) is 0 Å². The van der Waals surface area contributed by atoms with Crippen LogP contribution < -0.4 is 5.32 Å². The van der Waals surface area contributed by atoms with Gasteiger partial charge >= 0.3 is 0 Å². The van der Waals surface area contributed by atoms with Crippen molar-refractivity contribution in [1.82, 2.24) is 5.32 Å². The average molecular weight is 385 g/mol. The Morgan fingerprint density at radius 2 is 1.88 bits per heavy atom. The Hall–Kier alpha value is -1.76. The molecular weight excluding hydrogens is 371 g/mol. The highest BCUT2D eigenvalue weighted by Gasteiger charge is 2.09. The summed E-state index contributed by atoms with van der Waals surface area (Å²) >= 11 is 13.6. The number of halogens is 2. The molecule has 0 radical (unpaired) electrons. The highest BCUT2D eigenvalue weighted by Crippen LogP contribution is 2.24. The Bertz CT molecular complexity index is 739. The lowest BCUT2D eigenvalue weighted by molar-refractivity contribution is -0.384. The average Bonchev–Trinajstić information content (AvgIpc) is 2.56. The van der Waals surface area contributed by atoms with Crippen molar-refractivity contribution in [3.8, 4) is 0 Å². The van der Waals surface area contributed by atoms with E-state index in [-0.39, 0.29) is 11.6 Å². The normalized spacial score (nSPS) is 10.4. The second kappa shape index (κ2) is 8.92. The van der Waals surface area contributed by atoms with Crippen LogP contribution in [0.1, 0.15) is 15.9 Å². The van der Waals surface area contributed by atoms with Gasteiger partial charge in [0.25, 0.3) is 11.6 Å². The van der Waals surface area contributed by atoms with Crippen LogP contribution in [0.25, 0.3) is 0 Å². The van der Waals surface area contributed by atoms with Gasteiger partial charge in [0, 0.05) is 45.8 Å². The number of rotatable bonds is 7. The molecule has 0 heterocycles. The lowest BCUT2D eigenvalue weighted by Crippen LogP contribution is -2.25. The smallest absolute Gasteiger partial charge is 0.269 e. The zero-order valence-corrected chi connectivity index (χ0v) is 14.8. The number of carbonyl (C=O) groups excluding carboxylic acids is 1. The van der Waals surface area contributed by atoms with E-state index < -0.39 is 4.92 Å².